The Bertz CT molecular complexity index is 1830. The molecule has 0 saturated heterocycles. The highest BCUT2D eigenvalue weighted by Gasteiger charge is 2.36. The topological polar surface area (TPSA) is 93.2 Å². The summed E-state index contributed by atoms with van der Waals surface area (Å²) >= 11 is 9.62. The van der Waals surface area contributed by atoms with Crippen molar-refractivity contribution >= 4 is 89.6 Å². The summed E-state index contributed by atoms with van der Waals surface area (Å²) in [5.41, 5.74) is 3.59. The molecule has 43 heavy (non-hydrogen) atoms. The summed E-state index contributed by atoms with van der Waals surface area (Å²) in [7, 11) is 0. The van der Waals surface area contributed by atoms with Crippen LogP contribution in [0.2, 0.25) is 0 Å². The summed E-state index contributed by atoms with van der Waals surface area (Å²) in [6.07, 6.45) is 1.50. The van der Waals surface area contributed by atoms with E-state index in [2.05, 4.69) is 0 Å². The number of rotatable bonds is 7. The van der Waals surface area contributed by atoms with Crippen molar-refractivity contribution in [3.8, 4) is 11.5 Å². The molecule has 0 N–H and O–H groups in total. The maximum absolute atomic E-state index is 13.5. The molecular formula is C32H31ClN2O6S2. The molecule has 0 bridgehead atoms. The zero-order valence-corrected chi connectivity index (χ0v) is 26.8. The molecule has 4 aromatic rings. The Balaban J connectivity index is 1.19. The van der Waals surface area contributed by atoms with E-state index in [1.165, 1.54) is 13.8 Å². The van der Waals surface area contributed by atoms with Gasteiger partial charge in [0, 0.05) is 99.2 Å². The fourth-order valence-electron chi connectivity index (χ4n) is 6.23. The van der Waals surface area contributed by atoms with Gasteiger partial charge in [-0.05, 0) is 44.4 Å². The van der Waals surface area contributed by atoms with Gasteiger partial charge < -0.3 is 19.3 Å². The van der Waals surface area contributed by atoms with Crippen LogP contribution in [0.25, 0.3) is 20.2 Å². The number of alkyl halides is 1. The minimum absolute atomic E-state index is 0.0422. The molecule has 0 radical (unpaired) electrons. The quantitative estimate of drug-likeness (QED) is 0.123. The third-order valence-electron chi connectivity index (χ3n) is 7.94. The zero-order chi connectivity index (χ0) is 30.6. The molecule has 4 heterocycles. The Morgan fingerprint density at radius 1 is 0.837 bits per heavy atom. The fraction of sp³-hybridized carbons (Fsp3) is 0.375. The highest BCUT2D eigenvalue weighted by molar-refractivity contribution is 7.19. The molecule has 0 aliphatic carbocycles. The van der Waals surface area contributed by atoms with Crippen LogP contribution in [0.3, 0.4) is 0 Å². The van der Waals surface area contributed by atoms with Crippen molar-refractivity contribution in [3.63, 3.8) is 0 Å². The molecule has 224 valence electrons. The number of nitrogens with zero attached hydrogens (tertiary/aromatic N) is 2. The molecule has 2 aromatic heterocycles. The second-order valence-corrected chi connectivity index (χ2v) is 13.9. The van der Waals surface area contributed by atoms with Crippen molar-refractivity contribution in [2.24, 2.45) is 0 Å². The van der Waals surface area contributed by atoms with E-state index in [-0.39, 0.29) is 30.6 Å². The van der Waals surface area contributed by atoms with Gasteiger partial charge in [0.15, 0.2) is 0 Å². The summed E-state index contributed by atoms with van der Waals surface area (Å²) in [6, 6.07) is 7.58. The molecule has 2 aliphatic rings. The molecule has 11 heteroatoms. The number of benzene rings is 2. The fourth-order valence-corrected chi connectivity index (χ4v) is 8.73. The Kier molecular flexibility index (Phi) is 7.95. The van der Waals surface area contributed by atoms with Crippen LogP contribution in [0.5, 0.6) is 11.5 Å². The summed E-state index contributed by atoms with van der Waals surface area (Å²) in [6.45, 7) is 7.73. The highest BCUT2D eigenvalue weighted by atomic mass is 35.5. The van der Waals surface area contributed by atoms with E-state index in [0.29, 0.717) is 42.6 Å². The predicted octanol–water partition coefficient (Wildman–Crippen LogP) is 7.01. The largest absolute Gasteiger partial charge is 0.426 e. The lowest BCUT2D eigenvalue weighted by atomic mass is 10.0. The SMILES string of the molecule is CC(=O)Oc1cc2c(c3sc(C)cc13)CCN2C(=O)CCCC(=O)N1C[C@@H](CCl)c2c1cc(OC(C)=O)c1cc(C)sc21. The molecule has 2 aliphatic heterocycles. The molecule has 0 unspecified atom stereocenters. The summed E-state index contributed by atoms with van der Waals surface area (Å²) in [5.74, 6) is 0.212. The number of hydrogen-bond acceptors (Lipinski definition) is 8. The summed E-state index contributed by atoms with van der Waals surface area (Å²) < 4.78 is 13.1. The van der Waals surface area contributed by atoms with Crippen molar-refractivity contribution in [2.45, 2.75) is 59.3 Å². The minimum Gasteiger partial charge on any atom is -0.426 e. The average molecular weight is 639 g/mol. The van der Waals surface area contributed by atoms with Gasteiger partial charge in [0.25, 0.3) is 0 Å². The maximum atomic E-state index is 13.5. The molecule has 0 fully saturated rings. The van der Waals surface area contributed by atoms with Crippen LogP contribution in [0.4, 0.5) is 11.4 Å². The van der Waals surface area contributed by atoms with E-state index in [1.807, 2.05) is 26.0 Å². The van der Waals surface area contributed by atoms with Gasteiger partial charge in [-0.25, -0.2) is 0 Å². The first-order valence-electron chi connectivity index (χ1n) is 14.2. The predicted molar refractivity (Wildman–Crippen MR) is 171 cm³/mol. The van der Waals surface area contributed by atoms with E-state index in [1.54, 1.807) is 44.6 Å². The molecule has 0 saturated carbocycles. The lowest BCUT2D eigenvalue weighted by Crippen LogP contribution is -2.31. The molecule has 2 aromatic carbocycles. The van der Waals surface area contributed by atoms with Gasteiger partial charge in [-0.2, -0.15) is 0 Å². The van der Waals surface area contributed by atoms with Crippen LogP contribution in [0, 0.1) is 13.8 Å². The number of anilines is 2. The number of thiophene rings is 2. The smallest absolute Gasteiger partial charge is 0.308 e. The van der Waals surface area contributed by atoms with Crippen molar-refractivity contribution in [2.75, 3.05) is 28.8 Å². The third-order valence-corrected chi connectivity index (χ3v) is 10.5. The Morgan fingerprint density at radius 2 is 1.40 bits per heavy atom. The Morgan fingerprint density at radius 3 is 2.00 bits per heavy atom. The number of esters is 2. The van der Waals surface area contributed by atoms with Gasteiger partial charge in [0.2, 0.25) is 11.8 Å². The van der Waals surface area contributed by atoms with Crippen molar-refractivity contribution in [3.05, 3.63) is 45.1 Å². The molecular weight excluding hydrogens is 608 g/mol. The lowest BCUT2D eigenvalue weighted by Gasteiger charge is -2.20. The van der Waals surface area contributed by atoms with Crippen LogP contribution in [-0.2, 0) is 25.6 Å². The Labute approximate surface area is 262 Å². The minimum atomic E-state index is -0.424. The molecule has 2 amide bonds. The van der Waals surface area contributed by atoms with Gasteiger partial charge >= 0.3 is 11.9 Å². The first kappa shape index (κ1) is 29.6. The normalized spacial score (nSPS) is 15.7. The van der Waals surface area contributed by atoms with Crippen LogP contribution >= 0.6 is 34.3 Å². The Hall–Kier alpha value is -3.47. The van der Waals surface area contributed by atoms with Crippen molar-refractivity contribution < 1.29 is 28.7 Å². The van der Waals surface area contributed by atoms with Crippen LogP contribution in [0.15, 0.2) is 24.3 Å². The number of hydrogen-bond donors (Lipinski definition) is 0. The van der Waals surface area contributed by atoms with Gasteiger partial charge in [-0.1, -0.05) is 0 Å². The van der Waals surface area contributed by atoms with E-state index in [9.17, 15) is 19.2 Å². The number of fused-ring (bicyclic) bond motifs is 6. The first-order chi connectivity index (χ1) is 20.5. The molecule has 6 rings (SSSR count). The summed E-state index contributed by atoms with van der Waals surface area (Å²) in [5, 5.41) is 1.74. The zero-order valence-electron chi connectivity index (χ0n) is 24.4. The van der Waals surface area contributed by atoms with Gasteiger partial charge in [-0.3, -0.25) is 19.2 Å². The maximum Gasteiger partial charge on any atom is 0.308 e. The summed E-state index contributed by atoms with van der Waals surface area (Å²) in [4.78, 5) is 56.2. The van der Waals surface area contributed by atoms with Crippen molar-refractivity contribution in [1.82, 2.24) is 0 Å². The molecule has 0 spiro atoms. The second-order valence-electron chi connectivity index (χ2n) is 11.1. The lowest BCUT2D eigenvalue weighted by molar-refractivity contribution is -0.132. The van der Waals surface area contributed by atoms with E-state index >= 15 is 0 Å². The highest BCUT2D eigenvalue weighted by Crippen LogP contribution is 2.49. The standard InChI is InChI=1S/C32H31ClN2O6S2/c1-16-10-22-26(40-18(3)36)12-24-21(31(22)42-16)8-9-34(24)28(38)6-5-7-29(39)35-15-20(14-33)30-25(35)13-27(41-19(4)37)23-11-17(2)43-32(23)30/h10-13,20H,5-9,14-15H2,1-4H3/t20-/m1/s1. The van der Waals surface area contributed by atoms with E-state index in [0.717, 1.165) is 53.2 Å². The van der Waals surface area contributed by atoms with Gasteiger partial charge in [-0.15, -0.1) is 34.3 Å². The first-order valence-corrected chi connectivity index (χ1v) is 16.4. The number of amides is 2. The number of carbonyl (C=O) groups is 4. The third kappa shape index (κ3) is 5.41. The van der Waals surface area contributed by atoms with Crippen LogP contribution < -0.4 is 19.3 Å². The number of carbonyl (C=O) groups excluding carboxylic acids is 4. The van der Waals surface area contributed by atoms with Crippen LogP contribution in [-0.4, -0.2) is 42.7 Å². The second kappa shape index (κ2) is 11.6. The van der Waals surface area contributed by atoms with Crippen molar-refractivity contribution in [1.29, 1.82) is 0 Å². The molecule has 1 atom stereocenters. The molecule has 8 nitrogen and oxygen atoms in total. The number of halogens is 1. The number of ether oxygens (including phenoxy) is 2. The van der Waals surface area contributed by atoms with E-state index in [4.69, 9.17) is 21.1 Å². The van der Waals surface area contributed by atoms with E-state index < -0.39 is 11.9 Å². The monoisotopic (exact) mass is 638 g/mol. The average Bonchev–Trinajstić information content (AvgIpc) is 3.70. The van der Waals surface area contributed by atoms with Gasteiger partial charge in [0.1, 0.15) is 11.5 Å². The van der Waals surface area contributed by atoms with Gasteiger partial charge in [0.05, 0.1) is 11.4 Å². The number of aryl methyl sites for hydroxylation is 2. The van der Waals surface area contributed by atoms with Crippen LogP contribution in [0.1, 0.15) is 59.9 Å².